The molecule has 0 amide bonds. The smallest absolute Gasteiger partial charge is 0.305 e. The summed E-state index contributed by atoms with van der Waals surface area (Å²) in [6, 6.07) is 0. The first-order valence-corrected chi connectivity index (χ1v) is 5.19. The molecule has 0 unspecified atom stereocenters. The van der Waals surface area contributed by atoms with Crippen LogP contribution in [-0.2, 0) is 9.53 Å². The third-order valence-corrected chi connectivity index (χ3v) is 1.38. The molecule has 0 saturated heterocycles. The van der Waals surface area contributed by atoms with E-state index in [9.17, 15) is 4.79 Å². The fourth-order valence-corrected chi connectivity index (χ4v) is 0.607. The molecule has 0 radical (unpaired) electrons. The molecule has 0 fully saturated rings. The Balaban J connectivity index is 0. The molecule has 0 aromatic heterocycles. The number of unbranched alkanes of at least 4 members (excludes halogenated alkanes) is 1. The number of hydrogen-bond donors (Lipinski definition) is 1. The molecule has 0 spiro atoms. The van der Waals surface area contributed by atoms with Crippen LogP contribution >= 0.6 is 0 Å². The molecule has 0 aromatic rings. The Morgan fingerprint density at radius 1 is 1.43 bits per heavy atom. The van der Waals surface area contributed by atoms with E-state index in [1.165, 1.54) is 0 Å². The van der Waals surface area contributed by atoms with Gasteiger partial charge in [0.05, 0.1) is 6.61 Å². The third-order valence-electron chi connectivity index (χ3n) is 1.38. The number of carbonyl (C=O) groups is 1. The van der Waals surface area contributed by atoms with Crippen molar-refractivity contribution in [3.63, 3.8) is 0 Å². The predicted octanol–water partition coefficient (Wildman–Crippen LogP) is 2.26. The second-order valence-electron chi connectivity index (χ2n) is 2.85. The largest absolute Gasteiger partial charge is 0.466 e. The van der Waals surface area contributed by atoms with Crippen LogP contribution in [0.15, 0.2) is 12.7 Å². The summed E-state index contributed by atoms with van der Waals surface area (Å²) in [5.74, 6) is -0.0593. The molecular formula is C11H23NO2. The van der Waals surface area contributed by atoms with Crippen LogP contribution in [-0.4, -0.2) is 19.1 Å². The molecule has 3 nitrogen and oxygen atoms in total. The number of rotatable bonds is 6. The van der Waals surface area contributed by atoms with Crippen molar-refractivity contribution in [1.82, 2.24) is 0 Å². The molecule has 0 bridgehead atoms. The molecule has 84 valence electrons. The van der Waals surface area contributed by atoms with Gasteiger partial charge in [-0.05, 0) is 12.8 Å². The van der Waals surface area contributed by atoms with Crippen molar-refractivity contribution in [3.8, 4) is 0 Å². The molecule has 0 heterocycles. The van der Waals surface area contributed by atoms with Gasteiger partial charge < -0.3 is 10.5 Å². The molecule has 0 aliphatic rings. The summed E-state index contributed by atoms with van der Waals surface area (Å²) in [6.07, 6.45) is 5.16. The zero-order valence-corrected chi connectivity index (χ0v) is 9.42. The maximum atomic E-state index is 10.7. The van der Waals surface area contributed by atoms with Gasteiger partial charge in [-0.3, -0.25) is 4.79 Å². The van der Waals surface area contributed by atoms with Gasteiger partial charge in [-0.25, -0.2) is 0 Å². The van der Waals surface area contributed by atoms with Gasteiger partial charge in [0.15, 0.2) is 0 Å². The van der Waals surface area contributed by atoms with Crippen LogP contribution in [0.1, 0.15) is 39.5 Å². The minimum atomic E-state index is -0.0593. The van der Waals surface area contributed by atoms with E-state index in [4.69, 9.17) is 10.5 Å². The van der Waals surface area contributed by atoms with Crippen LogP contribution in [0.3, 0.4) is 0 Å². The van der Waals surface area contributed by atoms with E-state index in [1.807, 2.05) is 6.92 Å². The van der Waals surface area contributed by atoms with E-state index < -0.39 is 0 Å². The molecule has 0 aromatic carbocycles. The Labute approximate surface area is 87.3 Å². The number of carbonyl (C=O) groups excluding carboxylic acids is 1. The van der Waals surface area contributed by atoms with Crippen molar-refractivity contribution < 1.29 is 9.53 Å². The first-order valence-electron chi connectivity index (χ1n) is 5.19. The summed E-state index contributed by atoms with van der Waals surface area (Å²) in [6.45, 7) is 8.58. The lowest BCUT2D eigenvalue weighted by atomic mass is 10.3. The topological polar surface area (TPSA) is 52.3 Å². The van der Waals surface area contributed by atoms with Crippen LogP contribution in [0.25, 0.3) is 0 Å². The minimum Gasteiger partial charge on any atom is -0.466 e. The highest BCUT2D eigenvalue weighted by Crippen LogP contribution is 1.93. The first-order chi connectivity index (χ1) is 6.72. The average molecular weight is 201 g/mol. The van der Waals surface area contributed by atoms with Gasteiger partial charge in [0.1, 0.15) is 0 Å². The Kier molecular flexibility index (Phi) is 16.4. The fraction of sp³-hybridized carbons (Fsp3) is 0.727. The molecule has 0 rings (SSSR count). The highest BCUT2D eigenvalue weighted by molar-refractivity contribution is 5.69. The molecule has 0 atom stereocenters. The molecule has 2 N–H and O–H groups in total. The number of ether oxygens (including phenoxy) is 1. The summed E-state index contributed by atoms with van der Waals surface area (Å²) in [7, 11) is 0. The SMILES string of the molecule is C=CCN.CCCCOC(=O)CCC. The van der Waals surface area contributed by atoms with Crippen LogP contribution < -0.4 is 5.73 Å². The zero-order chi connectivity index (χ0) is 11.2. The van der Waals surface area contributed by atoms with E-state index in [1.54, 1.807) is 6.08 Å². The second-order valence-corrected chi connectivity index (χ2v) is 2.85. The third kappa shape index (κ3) is 17.3. The van der Waals surface area contributed by atoms with Crippen LogP contribution in [0.5, 0.6) is 0 Å². The van der Waals surface area contributed by atoms with E-state index in [2.05, 4.69) is 13.5 Å². The minimum absolute atomic E-state index is 0.0593. The second kappa shape index (κ2) is 14.7. The van der Waals surface area contributed by atoms with Crippen molar-refractivity contribution in [1.29, 1.82) is 0 Å². The molecule has 14 heavy (non-hydrogen) atoms. The lowest BCUT2D eigenvalue weighted by molar-refractivity contribution is -0.143. The highest BCUT2D eigenvalue weighted by atomic mass is 16.5. The zero-order valence-electron chi connectivity index (χ0n) is 9.42. The maximum Gasteiger partial charge on any atom is 0.305 e. The van der Waals surface area contributed by atoms with Gasteiger partial charge in [-0.15, -0.1) is 6.58 Å². The Hall–Kier alpha value is -0.830. The normalized spacial score (nSPS) is 8.50. The standard InChI is InChI=1S/C8H16O2.C3H7N/c1-3-5-7-10-8(9)6-4-2;1-2-3-4/h3-7H2,1-2H3;2H,1,3-4H2. The Bertz CT molecular complexity index is 135. The van der Waals surface area contributed by atoms with Crippen LogP contribution in [0, 0.1) is 0 Å². The average Bonchev–Trinajstić information content (AvgIpc) is 2.19. The lowest BCUT2D eigenvalue weighted by Crippen LogP contribution is -2.04. The van der Waals surface area contributed by atoms with E-state index in [0.29, 0.717) is 19.6 Å². The number of esters is 1. The van der Waals surface area contributed by atoms with E-state index in [-0.39, 0.29) is 5.97 Å². The van der Waals surface area contributed by atoms with Crippen molar-refractivity contribution in [2.75, 3.05) is 13.2 Å². The summed E-state index contributed by atoms with van der Waals surface area (Å²) >= 11 is 0. The number of hydrogen-bond acceptors (Lipinski definition) is 3. The maximum absolute atomic E-state index is 10.7. The van der Waals surface area contributed by atoms with Crippen molar-refractivity contribution in [3.05, 3.63) is 12.7 Å². The molecule has 0 aliphatic heterocycles. The number of nitrogens with two attached hydrogens (primary N) is 1. The van der Waals surface area contributed by atoms with Gasteiger partial charge in [-0.1, -0.05) is 26.3 Å². The molecule has 0 aliphatic carbocycles. The molecule has 3 heteroatoms. The van der Waals surface area contributed by atoms with Crippen molar-refractivity contribution in [2.24, 2.45) is 5.73 Å². The van der Waals surface area contributed by atoms with Crippen molar-refractivity contribution in [2.45, 2.75) is 39.5 Å². The summed E-state index contributed by atoms with van der Waals surface area (Å²) in [5.41, 5.74) is 4.91. The quantitative estimate of drug-likeness (QED) is 0.407. The van der Waals surface area contributed by atoms with Gasteiger partial charge in [0.2, 0.25) is 0 Å². The van der Waals surface area contributed by atoms with Crippen LogP contribution in [0.2, 0.25) is 0 Å². The Morgan fingerprint density at radius 2 is 2.00 bits per heavy atom. The van der Waals surface area contributed by atoms with E-state index >= 15 is 0 Å². The first kappa shape index (κ1) is 15.6. The van der Waals surface area contributed by atoms with Crippen molar-refractivity contribution >= 4 is 5.97 Å². The fourth-order valence-electron chi connectivity index (χ4n) is 0.607. The monoisotopic (exact) mass is 201 g/mol. The molecule has 0 saturated carbocycles. The summed E-state index contributed by atoms with van der Waals surface area (Å²) in [5, 5.41) is 0. The van der Waals surface area contributed by atoms with Gasteiger partial charge in [0, 0.05) is 13.0 Å². The summed E-state index contributed by atoms with van der Waals surface area (Å²) in [4.78, 5) is 10.7. The predicted molar refractivity (Wildman–Crippen MR) is 60.0 cm³/mol. The lowest BCUT2D eigenvalue weighted by Gasteiger charge is -2.00. The van der Waals surface area contributed by atoms with Gasteiger partial charge in [0.25, 0.3) is 0 Å². The highest BCUT2D eigenvalue weighted by Gasteiger charge is 1.97. The molecular weight excluding hydrogens is 178 g/mol. The van der Waals surface area contributed by atoms with E-state index in [0.717, 1.165) is 19.3 Å². The van der Waals surface area contributed by atoms with Gasteiger partial charge >= 0.3 is 5.97 Å². The van der Waals surface area contributed by atoms with Gasteiger partial charge in [-0.2, -0.15) is 0 Å². The summed E-state index contributed by atoms with van der Waals surface area (Å²) < 4.78 is 4.88. The Morgan fingerprint density at radius 3 is 2.36 bits per heavy atom. The van der Waals surface area contributed by atoms with Crippen LogP contribution in [0.4, 0.5) is 0 Å².